The number of halogens is 1. The predicted octanol–water partition coefficient (Wildman–Crippen LogP) is 2.38. The molecule has 2 rings (SSSR count). The zero-order valence-electron chi connectivity index (χ0n) is 10.5. The van der Waals surface area contributed by atoms with Crippen LogP contribution in [-0.2, 0) is 12.0 Å². The molecule has 0 spiro atoms. The molecule has 0 fully saturated rings. The molecule has 0 aliphatic rings. The Morgan fingerprint density at radius 1 is 1.33 bits per heavy atom. The van der Waals surface area contributed by atoms with Gasteiger partial charge in [-0.25, -0.2) is 4.39 Å². The van der Waals surface area contributed by atoms with Gasteiger partial charge in [0.25, 0.3) is 0 Å². The summed E-state index contributed by atoms with van der Waals surface area (Å²) in [5.74, 6) is 0.731. The van der Waals surface area contributed by atoms with E-state index in [0.717, 1.165) is 12.0 Å². The van der Waals surface area contributed by atoms with Crippen LogP contribution in [-0.4, -0.2) is 10.1 Å². The Bertz CT molecular complexity index is 519. The lowest BCUT2D eigenvalue weighted by Gasteiger charge is -2.16. The molecule has 2 N–H and O–H groups in total. The van der Waals surface area contributed by atoms with E-state index in [1.807, 2.05) is 13.8 Å². The molecule has 0 saturated carbocycles. The van der Waals surface area contributed by atoms with Gasteiger partial charge in [-0.15, -0.1) is 0 Å². The second kappa shape index (κ2) is 4.86. The summed E-state index contributed by atoms with van der Waals surface area (Å²) >= 11 is 0. The SMILES string of the molecule is CCC(C)(N)c1noc(Cc2ccc(F)cc2)n1. The predicted molar refractivity (Wildman–Crippen MR) is 65.3 cm³/mol. The van der Waals surface area contributed by atoms with E-state index in [0.29, 0.717) is 18.1 Å². The van der Waals surface area contributed by atoms with Crippen LogP contribution in [0, 0.1) is 5.82 Å². The average Bonchev–Trinajstić information content (AvgIpc) is 2.81. The molecule has 0 amide bonds. The molecule has 18 heavy (non-hydrogen) atoms. The Hall–Kier alpha value is -1.75. The van der Waals surface area contributed by atoms with Gasteiger partial charge >= 0.3 is 0 Å². The van der Waals surface area contributed by atoms with E-state index in [1.54, 1.807) is 12.1 Å². The van der Waals surface area contributed by atoms with Crippen molar-refractivity contribution in [3.05, 3.63) is 47.4 Å². The Kier molecular flexibility index (Phi) is 3.43. The molecule has 0 bridgehead atoms. The highest BCUT2D eigenvalue weighted by Gasteiger charge is 2.25. The van der Waals surface area contributed by atoms with Gasteiger partial charge in [0.05, 0.1) is 12.0 Å². The van der Waals surface area contributed by atoms with Gasteiger partial charge in [0, 0.05) is 0 Å². The van der Waals surface area contributed by atoms with Crippen molar-refractivity contribution < 1.29 is 8.91 Å². The number of rotatable bonds is 4. The topological polar surface area (TPSA) is 64.9 Å². The van der Waals surface area contributed by atoms with E-state index in [1.165, 1.54) is 12.1 Å². The van der Waals surface area contributed by atoms with Crippen LogP contribution in [0.2, 0.25) is 0 Å². The van der Waals surface area contributed by atoms with E-state index >= 15 is 0 Å². The molecular formula is C13H16FN3O. The second-order valence-corrected chi connectivity index (χ2v) is 4.59. The first-order valence-electron chi connectivity index (χ1n) is 5.87. The highest BCUT2D eigenvalue weighted by Crippen LogP contribution is 2.18. The smallest absolute Gasteiger partial charge is 0.231 e. The van der Waals surface area contributed by atoms with Crippen LogP contribution in [0.15, 0.2) is 28.8 Å². The van der Waals surface area contributed by atoms with Crippen molar-refractivity contribution in [2.45, 2.75) is 32.2 Å². The molecule has 1 atom stereocenters. The summed E-state index contributed by atoms with van der Waals surface area (Å²) in [4.78, 5) is 4.27. The first-order chi connectivity index (χ1) is 8.51. The Morgan fingerprint density at radius 2 is 2.00 bits per heavy atom. The van der Waals surface area contributed by atoms with E-state index in [-0.39, 0.29) is 5.82 Å². The van der Waals surface area contributed by atoms with E-state index in [9.17, 15) is 4.39 Å². The summed E-state index contributed by atoms with van der Waals surface area (Å²) in [7, 11) is 0. The minimum atomic E-state index is -0.579. The molecule has 0 aliphatic heterocycles. The van der Waals surface area contributed by atoms with Crippen molar-refractivity contribution >= 4 is 0 Å². The lowest BCUT2D eigenvalue weighted by atomic mass is 10.00. The lowest BCUT2D eigenvalue weighted by molar-refractivity contribution is 0.356. The van der Waals surface area contributed by atoms with Gasteiger partial charge in [0.15, 0.2) is 5.82 Å². The molecule has 1 heterocycles. The van der Waals surface area contributed by atoms with Crippen LogP contribution in [0.1, 0.15) is 37.5 Å². The van der Waals surface area contributed by atoms with Gasteiger partial charge in [-0.2, -0.15) is 4.98 Å². The van der Waals surface area contributed by atoms with Crippen molar-refractivity contribution in [3.63, 3.8) is 0 Å². The molecule has 4 nitrogen and oxygen atoms in total. The van der Waals surface area contributed by atoms with Crippen LogP contribution in [0.3, 0.4) is 0 Å². The average molecular weight is 249 g/mol. The third-order valence-corrected chi connectivity index (χ3v) is 2.98. The molecule has 0 radical (unpaired) electrons. The maximum atomic E-state index is 12.8. The summed E-state index contributed by atoms with van der Waals surface area (Å²) < 4.78 is 17.9. The van der Waals surface area contributed by atoms with Crippen molar-refractivity contribution in [1.29, 1.82) is 0 Å². The number of hydrogen-bond acceptors (Lipinski definition) is 4. The fraction of sp³-hybridized carbons (Fsp3) is 0.385. The standard InChI is InChI=1S/C13H16FN3O/c1-3-13(2,15)12-16-11(18-17-12)8-9-4-6-10(14)7-5-9/h4-7H,3,8,15H2,1-2H3. The van der Waals surface area contributed by atoms with E-state index in [4.69, 9.17) is 10.3 Å². The monoisotopic (exact) mass is 249 g/mol. The third kappa shape index (κ3) is 2.73. The van der Waals surface area contributed by atoms with Crippen LogP contribution in [0.5, 0.6) is 0 Å². The summed E-state index contributed by atoms with van der Waals surface area (Å²) in [6.07, 6.45) is 1.20. The molecule has 5 heteroatoms. The molecular weight excluding hydrogens is 233 g/mol. The van der Waals surface area contributed by atoms with E-state index < -0.39 is 5.54 Å². The third-order valence-electron chi connectivity index (χ3n) is 2.98. The van der Waals surface area contributed by atoms with E-state index in [2.05, 4.69) is 10.1 Å². The molecule has 1 aromatic heterocycles. The zero-order valence-corrected chi connectivity index (χ0v) is 10.5. The van der Waals surface area contributed by atoms with Crippen molar-refractivity contribution in [2.75, 3.05) is 0 Å². The second-order valence-electron chi connectivity index (χ2n) is 4.59. The van der Waals surface area contributed by atoms with Crippen LogP contribution in [0.25, 0.3) is 0 Å². The number of benzene rings is 1. The molecule has 1 aromatic carbocycles. The molecule has 1 unspecified atom stereocenters. The Labute approximate surface area is 105 Å². The molecule has 96 valence electrons. The highest BCUT2D eigenvalue weighted by atomic mass is 19.1. The maximum Gasteiger partial charge on any atom is 0.231 e. The van der Waals surface area contributed by atoms with Gasteiger partial charge in [-0.1, -0.05) is 24.2 Å². The first kappa shape index (κ1) is 12.7. The van der Waals surface area contributed by atoms with Crippen LogP contribution >= 0.6 is 0 Å². The fourth-order valence-electron chi connectivity index (χ4n) is 1.49. The molecule has 0 saturated heterocycles. The first-order valence-corrected chi connectivity index (χ1v) is 5.87. The number of nitrogens with two attached hydrogens (primary N) is 1. The summed E-state index contributed by atoms with van der Waals surface area (Å²) in [6, 6.07) is 6.21. The largest absolute Gasteiger partial charge is 0.339 e. The van der Waals surface area contributed by atoms with Crippen molar-refractivity contribution in [2.24, 2.45) is 5.73 Å². The summed E-state index contributed by atoms with van der Waals surface area (Å²) in [5.41, 5.74) is 6.37. The Balaban J connectivity index is 2.14. The quantitative estimate of drug-likeness (QED) is 0.903. The van der Waals surface area contributed by atoms with Gasteiger partial charge in [-0.05, 0) is 31.0 Å². The number of hydrogen-bond donors (Lipinski definition) is 1. The normalized spacial score (nSPS) is 14.4. The van der Waals surface area contributed by atoms with Crippen LogP contribution in [0.4, 0.5) is 4.39 Å². The number of nitrogens with zero attached hydrogens (tertiary/aromatic N) is 2. The van der Waals surface area contributed by atoms with Gasteiger partial charge in [0.1, 0.15) is 5.82 Å². The molecule has 2 aromatic rings. The summed E-state index contributed by atoms with van der Waals surface area (Å²) in [6.45, 7) is 3.83. The van der Waals surface area contributed by atoms with Gasteiger partial charge in [0.2, 0.25) is 5.89 Å². The fourth-order valence-corrected chi connectivity index (χ4v) is 1.49. The Morgan fingerprint density at radius 3 is 2.61 bits per heavy atom. The zero-order chi connectivity index (χ0) is 13.2. The molecule has 0 aliphatic carbocycles. The number of aromatic nitrogens is 2. The maximum absolute atomic E-state index is 12.8. The van der Waals surface area contributed by atoms with Crippen LogP contribution < -0.4 is 5.73 Å². The minimum absolute atomic E-state index is 0.259. The lowest BCUT2D eigenvalue weighted by Crippen LogP contribution is -2.33. The van der Waals surface area contributed by atoms with Crippen molar-refractivity contribution in [1.82, 2.24) is 10.1 Å². The highest BCUT2D eigenvalue weighted by molar-refractivity contribution is 5.19. The minimum Gasteiger partial charge on any atom is -0.339 e. The van der Waals surface area contributed by atoms with Crippen molar-refractivity contribution in [3.8, 4) is 0 Å². The van der Waals surface area contributed by atoms with Gasteiger partial charge in [-0.3, -0.25) is 0 Å². The summed E-state index contributed by atoms with van der Waals surface area (Å²) in [5, 5.41) is 3.89. The van der Waals surface area contributed by atoms with Gasteiger partial charge < -0.3 is 10.3 Å².